The van der Waals surface area contributed by atoms with Crippen molar-refractivity contribution in [2.75, 3.05) is 0 Å². The lowest BCUT2D eigenvalue weighted by Crippen LogP contribution is -2.08. The van der Waals surface area contributed by atoms with Gasteiger partial charge in [0.2, 0.25) is 0 Å². The Hall–Kier alpha value is -3.45. The Balaban J connectivity index is 2.20. The van der Waals surface area contributed by atoms with Gasteiger partial charge in [0.05, 0.1) is 0 Å². The third kappa shape index (κ3) is 4.23. The number of rotatable bonds is 7. The van der Waals surface area contributed by atoms with Crippen molar-refractivity contribution >= 4 is 22.5 Å². The van der Waals surface area contributed by atoms with E-state index in [9.17, 15) is 4.79 Å². The molecule has 0 atom stereocenters. The molecule has 0 aromatic heterocycles. The number of Topliss-reactive ketones (excluding diaryl/α,β-unsaturated/α-hetero) is 1. The van der Waals surface area contributed by atoms with Crippen molar-refractivity contribution in [1.29, 1.82) is 0 Å². The fraction of sp³-hybridized carbons (Fsp3) is 0.242. The molecule has 0 bridgehead atoms. The first-order valence-corrected chi connectivity index (χ1v) is 12.6. The van der Waals surface area contributed by atoms with E-state index >= 15 is 0 Å². The van der Waals surface area contributed by atoms with Crippen LogP contribution < -0.4 is 0 Å². The lowest BCUT2D eigenvalue weighted by molar-refractivity contribution is 0.105. The second-order valence-corrected chi connectivity index (χ2v) is 8.69. The molecule has 0 N–H and O–H groups in total. The van der Waals surface area contributed by atoms with Crippen molar-refractivity contribution in [3.05, 3.63) is 124 Å². The summed E-state index contributed by atoms with van der Waals surface area (Å²) in [5.41, 5.74) is 11.6. The van der Waals surface area contributed by atoms with Crippen LogP contribution in [0.5, 0.6) is 0 Å². The molecule has 1 nitrogen and oxygen atoms in total. The Labute approximate surface area is 204 Å². The predicted molar refractivity (Wildman–Crippen MR) is 146 cm³/mol. The summed E-state index contributed by atoms with van der Waals surface area (Å²) in [5.74, 6) is 0.0796. The summed E-state index contributed by atoms with van der Waals surface area (Å²) >= 11 is 0. The largest absolute Gasteiger partial charge is 0.289 e. The van der Waals surface area contributed by atoms with Crippen LogP contribution in [-0.4, -0.2) is 5.78 Å². The molecule has 0 heterocycles. The summed E-state index contributed by atoms with van der Waals surface area (Å²) in [7, 11) is 0. The number of hydrogen-bond donors (Lipinski definition) is 0. The molecule has 1 heteroatoms. The standard InChI is InChI=1S/C33H34O/c1-5-25-26(6-2)28(8-4)32(30-22-16-15-21-29(30)27(25)7-3)31(23-17-11-9-12-18-23)33(34)24-19-13-10-14-20-24/h9-22H,5-8H2,1-4H3/b32-31+. The number of carbonyl (C=O) groups excluding carboxylic acids is 1. The molecule has 0 fully saturated rings. The zero-order valence-electron chi connectivity index (χ0n) is 20.8. The summed E-state index contributed by atoms with van der Waals surface area (Å²) in [5, 5.41) is 0. The number of benzene rings is 3. The van der Waals surface area contributed by atoms with Gasteiger partial charge < -0.3 is 0 Å². The third-order valence-corrected chi connectivity index (χ3v) is 6.91. The lowest BCUT2D eigenvalue weighted by atomic mass is 9.81. The molecule has 1 aliphatic carbocycles. The number of carbonyl (C=O) groups is 1. The number of ketones is 1. The highest BCUT2D eigenvalue weighted by Crippen LogP contribution is 2.47. The Morgan fingerprint density at radius 3 is 1.47 bits per heavy atom. The quantitative estimate of drug-likeness (QED) is 0.261. The van der Waals surface area contributed by atoms with Gasteiger partial charge in [-0.05, 0) is 70.2 Å². The number of fused-ring (bicyclic) bond motifs is 1. The van der Waals surface area contributed by atoms with Crippen LogP contribution in [0.25, 0.3) is 16.7 Å². The van der Waals surface area contributed by atoms with E-state index in [1.807, 2.05) is 48.5 Å². The highest BCUT2D eigenvalue weighted by atomic mass is 16.1. The van der Waals surface area contributed by atoms with Crippen molar-refractivity contribution in [3.8, 4) is 0 Å². The zero-order valence-corrected chi connectivity index (χ0v) is 20.8. The van der Waals surface area contributed by atoms with Crippen LogP contribution >= 0.6 is 0 Å². The maximum absolute atomic E-state index is 14.2. The van der Waals surface area contributed by atoms with Crippen molar-refractivity contribution < 1.29 is 4.79 Å². The van der Waals surface area contributed by atoms with E-state index in [-0.39, 0.29) is 5.78 Å². The van der Waals surface area contributed by atoms with Gasteiger partial charge in [-0.3, -0.25) is 4.79 Å². The van der Waals surface area contributed by atoms with Crippen LogP contribution in [0.3, 0.4) is 0 Å². The zero-order chi connectivity index (χ0) is 24.1. The van der Waals surface area contributed by atoms with Crippen molar-refractivity contribution in [2.24, 2.45) is 0 Å². The first-order valence-electron chi connectivity index (χ1n) is 12.6. The molecule has 1 aliphatic rings. The van der Waals surface area contributed by atoms with E-state index in [0.717, 1.165) is 48.0 Å². The average Bonchev–Trinajstić information content (AvgIpc) is 3.01. The van der Waals surface area contributed by atoms with Gasteiger partial charge in [-0.15, -0.1) is 0 Å². The minimum atomic E-state index is 0.0796. The van der Waals surface area contributed by atoms with Gasteiger partial charge in [0, 0.05) is 11.1 Å². The Morgan fingerprint density at radius 2 is 0.941 bits per heavy atom. The monoisotopic (exact) mass is 446 g/mol. The average molecular weight is 447 g/mol. The van der Waals surface area contributed by atoms with Gasteiger partial charge in [0.1, 0.15) is 0 Å². The van der Waals surface area contributed by atoms with Crippen LogP contribution in [-0.2, 0) is 0 Å². The van der Waals surface area contributed by atoms with Crippen molar-refractivity contribution in [2.45, 2.75) is 53.4 Å². The summed E-state index contributed by atoms with van der Waals surface area (Å²) in [4.78, 5) is 14.2. The minimum absolute atomic E-state index is 0.0796. The molecule has 0 amide bonds. The first-order chi connectivity index (χ1) is 16.7. The van der Waals surface area contributed by atoms with Crippen molar-refractivity contribution in [3.63, 3.8) is 0 Å². The summed E-state index contributed by atoms with van der Waals surface area (Å²) in [6.45, 7) is 9.00. The molecular formula is C33H34O. The predicted octanol–water partition coefficient (Wildman–Crippen LogP) is 9.18. The molecule has 4 rings (SSSR count). The van der Waals surface area contributed by atoms with Crippen LogP contribution in [0, 0.1) is 0 Å². The Bertz CT molecular complexity index is 1270. The summed E-state index contributed by atoms with van der Waals surface area (Å²) < 4.78 is 0. The van der Waals surface area contributed by atoms with Gasteiger partial charge in [-0.25, -0.2) is 0 Å². The fourth-order valence-electron chi connectivity index (χ4n) is 5.47. The van der Waals surface area contributed by atoms with E-state index in [2.05, 4.69) is 64.1 Å². The van der Waals surface area contributed by atoms with E-state index in [0.29, 0.717) is 0 Å². The van der Waals surface area contributed by atoms with Crippen LogP contribution in [0.2, 0.25) is 0 Å². The molecule has 34 heavy (non-hydrogen) atoms. The topological polar surface area (TPSA) is 17.1 Å². The summed E-state index contributed by atoms with van der Waals surface area (Å²) in [6.07, 6.45) is 3.80. The number of allylic oxidation sites excluding steroid dienone is 6. The van der Waals surface area contributed by atoms with Gasteiger partial charge >= 0.3 is 0 Å². The maximum atomic E-state index is 14.2. The first kappa shape index (κ1) is 23.7. The second-order valence-electron chi connectivity index (χ2n) is 8.69. The van der Waals surface area contributed by atoms with Gasteiger partial charge in [-0.2, -0.15) is 0 Å². The van der Waals surface area contributed by atoms with E-state index in [4.69, 9.17) is 0 Å². The molecule has 3 aromatic carbocycles. The van der Waals surface area contributed by atoms with Crippen LogP contribution in [0.4, 0.5) is 0 Å². The van der Waals surface area contributed by atoms with Gasteiger partial charge in [0.15, 0.2) is 5.78 Å². The molecule has 0 radical (unpaired) electrons. The molecule has 0 saturated carbocycles. The Morgan fingerprint density at radius 1 is 0.500 bits per heavy atom. The normalized spacial score (nSPS) is 15.2. The van der Waals surface area contributed by atoms with Gasteiger partial charge in [0.25, 0.3) is 0 Å². The van der Waals surface area contributed by atoms with Gasteiger partial charge in [-0.1, -0.05) is 113 Å². The molecule has 0 spiro atoms. The van der Waals surface area contributed by atoms with E-state index < -0.39 is 0 Å². The van der Waals surface area contributed by atoms with Crippen molar-refractivity contribution in [1.82, 2.24) is 0 Å². The SMILES string of the molecule is CCC1=C(CC)/C(=C(\C(=O)c2ccccc2)c2ccccc2)c2ccccc2C(CC)=C1CC. The molecular weight excluding hydrogens is 412 g/mol. The minimum Gasteiger partial charge on any atom is -0.289 e. The second kappa shape index (κ2) is 10.7. The van der Waals surface area contributed by atoms with Crippen LogP contribution in [0.15, 0.2) is 102 Å². The van der Waals surface area contributed by atoms with Crippen LogP contribution in [0.1, 0.15) is 80.4 Å². The smallest absolute Gasteiger partial charge is 0.194 e. The number of hydrogen-bond acceptors (Lipinski definition) is 1. The van der Waals surface area contributed by atoms with E-state index in [1.54, 1.807) is 0 Å². The highest BCUT2D eigenvalue weighted by Gasteiger charge is 2.29. The molecule has 0 unspecified atom stereocenters. The maximum Gasteiger partial charge on any atom is 0.194 e. The Kier molecular flexibility index (Phi) is 7.43. The highest BCUT2D eigenvalue weighted by molar-refractivity contribution is 6.36. The summed E-state index contributed by atoms with van der Waals surface area (Å²) in [6, 6.07) is 28.6. The third-order valence-electron chi connectivity index (χ3n) is 6.91. The lowest BCUT2D eigenvalue weighted by Gasteiger charge is -2.21. The molecule has 0 aliphatic heterocycles. The molecule has 3 aromatic rings. The van der Waals surface area contributed by atoms with E-state index in [1.165, 1.54) is 33.4 Å². The molecule has 0 saturated heterocycles. The molecule has 172 valence electrons. The fourth-order valence-corrected chi connectivity index (χ4v) is 5.47.